The number of hydrogen-bond acceptors (Lipinski definition) is 3. The van der Waals surface area contributed by atoms with E-state index in [1.165, 1.54) is 43.4 Å². The summed E-state index contributed by atoms with van der Waals surface area (Å²) in [4.78, 5) is 4.12. The van der Waals surface area contributed by atoms with Crippen molar-refractivity contribution in [3.8, 4) is 0 Å². The topological polar surface area (TPSA) is 29.3 Å². The Morgan fingerprint density at radius 3 is 2.71 bits per heavy atom. The van der Waals surface area contributed by atoms with Gasteiger partial charge < -0.3 is 5.73 Å². The summed E-state index contributed by atoms with van der Waals surface area (Å²) in [6, 6.07) is 5.22. The zero-order chi connectivity index (χ0) is 11.7. The van der Waals surface area contributed by atoms with Gasteiger partial charge in [0, 0.05) is 29.5 Å². The predicted molar refractivity (Wildman–Crippen MR) is 73.1 cm³/mol. The van der Waals surface area contributed by atoms with Crippen molar-refractivity contribution >= 4 is 11.3 Å². The Morgan fingerprint density at radius 2 is 2.12 bits per heavy atom. The second-order valence-electron chi connectivity index (χ2n) is 5.78. The molecule has 3 heteroatoms. The molecule has 2 aliphatic rings. The lowest BCUT2D eigenvalue weighted by atomic mass is 9.98. The van der Waals surface area contributed by atoms with E-state index in [0.29, 0.717) is 0 Å². The Balaban J connectivity index is 1.64. The van der Waals surface area contributed by atoms with Crippen molar-refractivity contribution in [3.63, 3.8) is 0 Å². The van der Waals surface area contributed by atoms with Crippen molar-refractivity contribution in [3.05, 3.63) is 22.4 Å². The maximum Gasteiger partial charge on any atom is 0.0331 e. The molecule has 0 unspecified atom stereocenters. The maximum absolute atomic E-state index is 6.52. The summed E-state index contributed by atoms with van der Waals surface area (Å²) in [7, 11) is 0. The van der Waals surface area contributed by atoms with Gasteiger partial charge in [-0.1, -0.05) is 18.9 Å². The minimum atomic E-state index is 0.111. The van der Waals surface area contributed by atoms with Crippen LogP contribution in [0.4, 0.5) is 0 Å². The second-order valence-corrected chi connectivity index (χ2v) is 6.82. The molecular formula is C14H22N2S. The highest BCUT2D eigenvalue weighted by atomic mass is 32.1. The van der Waals surface area contributed by atoms with E-state index < -0.39 is 0 Å². The Hall–Kier alpha value is -0.380. The highest BCUT2D eigenvalue weighted by molar-refractivity contribution is 7.09. The van der Waals surface area contributed by atoms with Crippen LogP contribution in [0.5, 0.6) is 0 Å². The first-order chi connectivity index (χ1) is 8.25. The molecule has 2 nitrogen and oxygen atoms in total. The van der Waals surface area contributed by atoms with E-state index in [0.717, 1.165) is 19.1 Å². The van der Waals surface area contributed by atoms with Crippen LogP contribution in [0.1, 0.15) is 43.4 Å². The fourth-order valence-corrected chi connectivity index (χ4v) is 3.73. The van der Waals surface area contributed by atoms with Crippen molar-refractivity contribution < 1.29 is 0 Å². The lowest BCUT2D eigenvalue weighted by Gasteiger charge is -2.32. The number of rotatable bonds is 5. The minimum absolute atomic E-state index is 0.111. The average Bonchev–Trinajstić information content (AvgIpc) is 2.88. The highest BCUT2D eigenvalue weighted by Crippen LogP contribution is 2.34. The van der Waals surface area contributed by atoms with Crippen LogP contribution in [0.3, 0.4) is 0 Å². The molecule has 0 atom stereocenters. The summed E-state index contributed by atoms with van der Waals surface area (Å²) >= 11 is 1.87. The lowest BCUT2D eigenvalue weighted by molar-refractivity contribution is 0.194. The summed E-state index contributed by atoms with van der Waals surface area (Å²) in [5, 5.41) is 2.17. The molecule has 2 fully saturated rings. The molecule has 0 saturated heterocycles. The quantitative estimate of drug-likeness (QED) is 0.870. The van der Waals surface area contributed by atoms with Crippen molar-refractivity contribution in [2.24, 2.45) is 5.73 Å². The van der Waals surface area contributed by atoms with Gasteiger partial charge in [-0.25, -0.2) is 0 Å². The number of thiophene rings is 1. The van der Waals surface area contributed by atoms with E-state index in [4.69, 9.17) is 5.73 Å². The molecule has 1 heterocycles. The SMILES string of the molecule is NC1(CN(Cc2cccs2)C2CC2)CCCC1. The molecule has 0 aliphatic heterocycles. The molecule has 1 aromatic heterocycles. The van der Waals surface area contributed by atoms with E-state index >= 15 is 0 Å². The molecule has 0 bridgehead atoms. The van der Waals surface area contributed by atoms with Crippen LogP contribution in [0.2, 0.25) is 0 Å². The molecule has 2 saturated carbocycles. The van der Waals surface area contributed by atoms with Crippen molar-refractivity contribution in [1.29, 1.82) is 0 Å². The van der Waals surface area contributed by atoms with Crippen LogP contribution in [0.25, 0.3) is 0 Å². The molecule has 17 heavy (non-hydrogen) atoms. The summed E-state index contributed by atoms with van der Waals surface area (Å²) < 4.78 is 0. The highest BCUT2D eigenvalue weighted by Gasteiger charge is 2.37. The van der Waals surface area contributed by atoms with Crippen LogP contribution >= 0.6 is 11.3 Å². The Bertz CT molecular complexity index is 350. The van der Waals surface area contributed by atoms with Gasteiger partial charge in [0.1, 0.15) is 0 Å². The van der Waals surface area contributed by atoms with Crippen LogP contribution in [-0.4, -0.2) is 23.0 Å². The van der Waals surface area contributed by atoms with Crippen LogP contribution in [0.15, 0.2) is 17.5 Å². The summed E-state index contributed by atoms with van der Waals surface area (Å²) in [6.07, 6.45) is 7.85. The molecular weight excluding hydrogens is 228 g/mol. The van der Waals surface area contributed by atoms with Gasteiger partial charge in [0.25, 0.3) is 0 Å². The number of nitrogens with zero attached hydrogens (tertiary/aromatic N) is 1. The monoisotopic (exact) mass is 250 g/mol. The van der Waals surface area contributed by atoms with Crippen molar-refractivity contribution in [2.45, 2.75) is 56.7 Å². The van der Waals surface area contributed by atoms with Gasteiger partial charge in [-0.05, 0) is 37.1 Å². The molecule has 2 aliphatic carbocycles. The molecule has 0 aromatic carbocycles. The van der Waals surface area contributed by atoms with E-state index in [-0.39, 0.29) is 5.54 Å². The molecule has 3 rings (SSSR count). The summed E-state index contributed by atoms with van der Waals surface area (Å²) in [5.74, 6) is 0. The zero-order valence-electron chi connectivity index (χ0n) is 10.4. The van der Waals surface area contributed by atoms with Gasteiger partial charge in [0.15, 0.2) is 0 Å². The molecule has 1 aromatic rings. The van der Waals surface area contributed by atoms with Gasteiger partial charge in [-0.15, -0.1) is 11.3 Å². The third-order valence-corrected chi connectivity index (χ3v) is 4.98. The fourth-order valence-electron chi connectivity index (χ4n) is 3.00. The third-order valence-electron chi connectivity index (χ3n) is 4.12. The van der Waals surface area contributed by atoms with Crippen LogP contribution in [0, 0.1) is 0 Å². The first kappa shape index (κ1) is 11.7. The normalized spacial score (nSPS) is 23.4. The lowest BCUT2D eigenvalue weighted by Crippen LogP contribution is -2.48. The Kier molecular flexibility index (Phi) is 3.24. The zero-order valence-corrected chi connectivity index (χ0v) is 11.2. The van der Waals surface area contributed by atoms with Crippen LogP contribution < -0.4 is 5.73 Å². The Morgan fingerprint density at radius 1 is 1.35 bits per heavy atom. The second kappa shape index (κ2) is 4.71. The number of hydrogen-bond donors (Lipinski definition) is 1. The first-order valence-corrected chi connectivity index (χ1v) is 7.68. The fraction of sp³-hybridized carbons (Fsp3) is 0.714. The Labute approximate surface area is 108 Å². The smallest absolute Gasteiger partial charge is 0.0331 e. The minimum Gasteiger partial charge on any atom is -0.324 e. The molecule has 0 spiro atoms. The van der Waals surface area contributed by atoms with Gasteiger partial charge in [0.05, 0.1) is 0 Å². The van der Waals surface area contributed by atoms with E-state index in [1.807, 2.05) is 11.3 Å². The standard InChI is InChI=1S/C14H22N2S/c15-14(7-1-2-8-14)11-16(12-5-6-12)10-13-4-3-9-17-13/h3-4,9,12H,1-2,5-8,10-11,15H2. The molecule has 0 radical (unpaired) electrons. The summed E-state index contributed by atoms with van der Waals surface area (Å²) in [5.41, 5.74) is 6.63. The average molecular weight is 250 g/mol. The van der Waals surface area contributed by atoms with Gasteiger partial charge in [-0.3, -0.25) is 4.90 Å². The molecule has 0 amide bonds. The first-order valence-electron chi connectivity index (χ1n) is 6.81. The third kappa shape index (κ3) is 2.90. The molecule has 2 N–H and O–H groups in total. The van der Waals surface area contributed by atoms with Gasteiger partial charge >= 0.3 is 0 Å². The van der Waals surface area contributed by atoms with Gasteiger partial charge in [-0.2, -0.15) is 0 Å². The van der Waals surface area contributed by atoms with E-state index in [9.17, 15) is 0 Å². The van der Waals surface area contributed by atoms with E-state index in [2.05, 4.69) is 22.4 Å². The van der Waals surface area contributed by atoms with Crippen LogP contribution in [-0.2, 0) is 6.54 Å². The number of nitrogens with two attached hydrogens (primary N) is 1. The van der Waals surface area contributed by atoms with Gasteiger partial charge in [0.2, 0.25) is 0 Å². The van der Waals surface area contributed by atoms with E-state index in [1.54, 1.807) is 0 Å². The largest absolute Gasteiger partial charge is 0.324 e. The van der Waals surface area contributed by atoms with Crippen molar-refractivity contribution in [1.82, 2.24) is 4.90 Å². The maximum atomic E-state index is 6.52. The molecule has 94 valence electrons. The predicted octanol–water partition coefficient (Wildman–Crippen LogP) is 2.98. The van der Waals surface area contributed by atoms with Crippen molar-refractivity contribution in [2.75, 3.05) is 6.54 Å². The summed E-state index contributed by atoms with van der Waals surface area (Å²) in [6.45, 7) is 2.22.